The molecular formula is C15H26N2O4. The van der Waals surface area contributed by atoms with Crippen LogP contribution in [-0.4, -0.2) is 54.4 Å². The minimum atomic E-state index is -0.758. The molecule has 2 N–H and O–H groups in total. The highest BCUT2D eigenvalue weighted by Crippen LogP contribution is 2.21. The van der Waals surface area contributed by atoms with Crippen LogP contribution in [0.4, 0.5) is 4.79 Å². The Kier molecular flexibility index (Phi) is 6.29. The largest absolute Gasteiger partial charge is 0.481 e. The number of likely N-dealkylation sites (tertiary alicyclic amines) is 1. The molecule has 2 rings (SSSR count). The molecule has 0 aliphatic carbocycles. The van der Waals surface area contributed by atoms with E-state index >= 15 is 0 Å². The van der Waals surface area contributed by atoms with Gasteiger partial charge in [-0.25, -0.2) is 4.79 Å². The lowest BCUT2D eigenvalue weighted by Crippen LogP contribution is -2.47. The van der Waals surface area contributed by atoms with Gasteiger partial charge in [-0.2, -0.15) is 0 Å². The van der Waals surface area contributed by atoms with E-state index in [1.807, 2.05) is 4.90 Å². The average molecular weight is 298 g/mol. The molecule has 0 aromatic heterocycles. The van der Waals surface area contributed by atoms with Gasteiger partial charge in [0.2, 0.25) is 0 Å². The molecule has 0 radical (unpaired) electrons. The highest BCUT2D eigenvalue weighted by Gasteiger charge is 2.24. The molecule has 2 heterocycles. The number of rotatable bonds is 5. The van der Waals surface area contributed by atoms with Gasteiger partial charge in [-0.3, -0.25) is 4.79 Å². The van der Waals surface area contributed by atoms with Gasteiger partial charge >= 0.3 is 12.0 Å². The van der Waals surface area contributed by atoms with Gasteiger partial charge in [-0.15, -0.1) is 0 Å². The van der Waals surface area contributed by atoms with E-state index in [4.69, 9.17) is 9.84 Å². The number of amides is 2. The number of ether oxygens (including phenoxy) is 1. The highest BCUT2D eigenvalue weighted by molar-refractivity contribution is 5.74. The van der Waals surface area contributed by atoms with Crippen molar-refractivity contribution in [3.63, 3.8) is 0 Å². The third-order valence-electron chi connectivity index (χ3n) is 4.33. The number of nitrogens with one attached hydrogen (secondary N) is 1. The fraction of sp³-hybridized carbons (Fsp3) is 0.867. The number of carbonyl (C=O) groups is 2. The zero-order valence-corrected chi connectivity index (χ0v) is 12.6. The Morgan fingerprint density at radius 3 is 2.81 bits per heavy atom. The first-order chi connectivity index (χ1) is 10.1. The van der Waals surface area contributed by atoms with E-state index < -0.39 is 5.97 Å². The van der Waals surface area contributed by atoms with Crippen LogP contribution in [0.3, 0.4) is 0 Å². The van der Waals surface area contributed by atoms with Gasteiger partial charge in [-0.05, 0) is 44.4 Å². The standard InChI is InChI=1S/C15H26N2O4/c18-14(19)7-6-12-4-3-8-17(11-12)15(20)16-10-13-5-1-2-9-21-13/h12-13H,1-11H2,(H,16,20)(H,18,19). The second-order valence-corrected chi connectivity index (χ2v) is 6.06. The number of piperidine rings is 1. The molecule has 120 valence electrons. The van der Waals surface area contributed by atoms with E-state index in [1.54, 1.807) is 0 Å². The molecular weight excluding hydrogens is 272 g/mol. The van der Waals surface area contributed by atoms with Crippen LogP contribution >= 0.6 is 0 Å². The van der Waals surface area contributed by atoms with Crippen molar-refractivity contribution in [2.75, 3.05) is 26.2 Å². The van der Waals surface area contributed by atoms with Crippen LogP contribution in [0, 0.1) is 5.92 Å². The second kappa shape index (κ2) is 8.22. The Morgan fingerprint density at radius 1 is 1.24 bits per heavy atom. The topological polar surface area (TPSA) is 78.9 Å². The molecule has 2 unspecified atom stereocenters. The lowest BCUT2D eigenvalue weighted by atomic mass is 9.93. The summed E-state index contributed by atoms with van der Waals surface area (Å²) >= 11 is 0. The van der Waals surface area contributed by atoms with E-state index in [0.29, 0.717) is 25.4 Å². The third kappa shape index (κ3) is 5.53. The van der Waals surface area contributed by atoms with Gasteiger partial charge in [-0.1, -0.05) is 0 Å². The molecule has 2 amide bonds. The van der Waals surface area contributed by atoms with Crippen molar-refractivity contribution in [1.29, 1.82) is 0 Å². The number of carboxylic acids is 1. The predicted octanol–water partition coefficient (Wildman–Crippen LogP) is 1.84. The number of hydrogen-bond donors (Lipinski definition) is 2. The minimum Gasteiger partial charge on any atom is -0.481 e. The van der Waals surface area contributed by atoms with Gasteiger partial charge in [0.15, 0.2) is 0 Å². The summed E-state index contributed by atoms with van der Waals surface area (Å²) in [5.74, 6) is -0.447. The first kappa shape index (κ1) is 16.1. The monoisotopic (exact) mass is 298 g/mol. The van der Waals surface area contributed by atoms with Crippen molar-refractivity contribution in [1.82, 2.24) is 10.2 Å². The number of urea groups is 1. The Hall–Kier alpha value is -1.30. The van der Waals surface area contributed by atoms with Crippen molar-refractivity contribution < 1.29 is 19.4 Å². The molecule has 6 heteroatoms. The van der Waals surface area contributed by atoms with E-state index in [0.717, 1.165) is 38.8 Å². The van der Waals surface area contributed by atoms with Crippen molar-refractivity contribution in [2.24, 2.45) is 5.92 Å². The van der Waals surface area contributed by atoms with Crippen molar-refractivity contribution in [3.8, 4) is 0 Å². The first-order valence-corrected chi connectivity index (χ1v) is 8.01. The fourth-order valence-electron chi connectivity index (χ4n) is 3.09. The maximum absolute atomic E-state index is 12.2. The van der Waals surface area contributed by atoms with Gasteiger partial charge < -0.3 is 20.1 Å². The average Bonchev–Trinajstić information content (AvgIpc) is 2.52. The second-order valence-electron chi connectivity index (χ2n) is 6.06. The van der Waals surface area contributed by atoms with Crippen LogP contribution in [0.15, 0.2) is 0 Å². The van der Waals surface area contributed by atoms with E-state index in [-0.39, 0.29) is 18.6 Å². The number of carbonyl (C=O) groups excluding carboxylic acids is 1. The molecule has 2 saturated heterocycles. The summed E-state index contributed by atoms with van der Waals surface area (Å²) in [6.45, 7) is 2.81. The molecule has 0 aromatic rings. The molecule has 2 fully saturated rings. The van der Waals surface area contributed by atoms with Crippen molar-refractivity contribution in [2.45, 2.75) is 51.0 Å². The summed E-state index contributed by atoms with van der Waals surface area (Å²) < 4.78 is 5.60. The summed E-state index contributed by atoms with van der Waals surface area (Å²) in [4.78, 5) is 24.6. The SMILES string of the molecule is O=C(O)CCC1CCCN(C(=O)NCC2CCCCO2)C1. The molecule has 2 aliphatic rings. The van der Waals surface area contributed by atoms with Crippen LogP contribution in [0.1, 0.15) is 44.9 Å². The van der Waals surface area contributed by atoms with Crippen LogP contribution in [0.5, 0.6) is 0 Å². The van der Waals surface area contributed by atoms with Crippen molar-refractivity contribution in [3.05, 3.63) is 0 Å². The van der Waals surface area contributed by atoms with Crippen LogP contribution in [0.2, 0.25) is 0 Å². The Morgan fingerprint density at radius 2 is 2.10 bits per heavy atom. The van der Waals surface area contributed by atoms with E-state index in [1.165, 1.54) is 6.42 Å². The molecule has 0 bridgehead atoms. The molecule has 2 aliphatic heterocycles. The summed E-state index contributed by atoms with van der Waals surface area (Å²) in [5.41, 5.74) is 0. The zero-order valence-electron chi connectivity index (χ0n) is 12.6. The van der Waals surface area contributed by atoms with Crippen LogP contribution in [0.25, 0.3) is 0 Å². The first-order valence-electron chi connectivity index (χ1n) is 8.01. The Balaban J connectivity index is 1.69. The van der Waals surface area contributed by atoms with Gasteiger partial charge in [0.25, 0.3) is 0 Å². The van der Waals surface area contributed by atoms with Gasteiger partial charge in [0, 0.05) is 32.7 Å². The van der Waals surface area contributed by atoms with Crippen molar-refractivity contribution >= 4 is 12.0 Å². The van der Waals surface area contributed by atoms with Gasteiger partial charge in [0.1, 0.15) is 0 Å². The quantitative estimate of drug-likeness (QED) is 0.812. The highest BCUT2D eigenvalue weighted by atomic mass is 16.5. The fourth-order valence-corrected chi connectivity index (χ4v) is 3.09. The maximum atomic E-state index is 12.2. The smallest absolute Gasteiger partial charge is 0.317 e. The zero-order chi connectivity index (χ0) is 15.1. The number of nitrogens with zero attached hydrogens (tertiary/aromatic N) is 1. The molecule has 0 spiro atoms. The minimum absolute atomic E-state index is 0.0378. The van der Waals surface area contributed by atoms with E-state index in [9.17, 15) is 9.59 Å². The molecule has 2 atom stereocenters. The number of hydrogen-bond acceptors (Lipinski definition) is 3. The number of aliphatic carboxylic acids is 1. The maximum Gasteiger partial charge on any atom is 0.317 e. The Bertz CT molecular complexity index is 356. The normalized spacial score (nSPS) is 26.4. The summed E-state index contributed by atoms with van der Waals surface area (Å²) in [6, 6.07) is -0.0378. The Labute approximate surface area is 125 Å². The predicted molar refractivity (Wildman–Crippen MR) is 78.2 cm³/mol. The molecule has 6 nitrogen and oxygen atoms in total. The number of carboxylic acid groups (broad SMARTS) is 1. The van der Waals surface area contributed by atoms with Gasteiger partial charge in [0.05, 0.1) is 6.10 Å². The molecule has 21 heavy (non-hydrogen) atoms. The summed E-state index contributed by atoms with van der Waals surface area (Å²) in [7, 11) is 0. The lowest BCUT2D eigenvalue weighted by Gasteiger charge is -2.33. The lowest BCUT2D eigenvalue weighted by molar-refractivity contribution is -0.137. The summed E-state index contributed by atoms with van der Waals surface area (Å²) in [5, 5.41) is 11.7. The third-order valence-corrected chi connectivity index (χ3v) is 4.33. The van der Waals surface area contributed by atoms with E-state index in [2.05, 4.69) is 5.32 Å². The molecule has 0 aromatic carbocycles. The summed E-state index contributed by atoms with van der Waals surface area (Å²) in [6.07, 6.45) is 6.27. The molecule has 0 saturated carbocycles. The van der Waals surface area contributed by atoms with Crippen LogP contribution in [-0.2, 0) is 9.53 Å². The van der Waals surface area contributed by atoms with Crippen LogP contribution < -0.4 is 5.32 Å².